The molecule has 0 spiro atoms. The first-order valence-electron chi connectivity index (χ1n) is 9.43. The number of carbonyl (C=O) groups excluding carboxylic acids is 1. The number of anilines is 1. The van der Waals surface area contributed by atoms with Crippen molar-refractivity contribution < 1.29 is 43.8 Å². The minimum Gasteiger partial charge on any atom is -0.481 e. The van der Waals surface area contributed by atoms with Gasteiger partial charge in [0.15, 0.2) is 0 Å². The molecular formula is C18H23FN4O9. The minimum absolute atomic E-state index is 0.00587. The lowest BCUT2D eigenvalue weighted by atomic mass is 10.1. The molecule has 13 nitrogen and oxygen atoms in total. The van der Waals surface area contributed by atoms with E-state index in [1.54, 1.807) is 0 Å². The van der Waals surface area contributed by atoms with Crippen LogP contribution in [-0.2, 0) is 14.4 Å². The van der Waals surface area contributed by atoms with E-state index < -0.39 is 58.9 Å². The predicted molar refractivity (Wildman–Crippen MR) is 107 cm³/mol. The van der Waals surface area contributed by atoms with Crippen LogP contribution < -0.4 is 16.0 Å². The van der Waals surface area contributed by atoms with Crippen LogP contribution in [0.15, 0.2) is 18.2 Å². The standard InChI is InChI=1S/C18H23FN4O9/c19-11-9-10(4-6-14(11)23(31)32)20-8-2-1-3-12(16(26)27)21-18(30)22-13(17(28)29)5-7-15(24)25/h4,6,9,12-13,20H,1-3,5,7-8H2,(H,24,25)(H,26,27)(H,28,29)(H2,21,22,30)/t12-,13?/m0/s1. The zero-order chi connectivity index (χ0) is 24.3. The van der Waals surface area contributed by atoms with Crippen LogP contribution in [0.2, 0.25) is 0 Å². The summed E-state index contributed by atoms with van der Waals surface area (Å²) in [6.45, 7) is 0.298. The molecule has 0 aliphatic carbocycles. The molecule has 1 rings (SSSR count). The molecule has 0 bridgehead atoms. The third kappa shape index (κ3) is 9.23. The zero-order valence-corrected chi connectivity index (χ0v) is 16.7. The quantitative estimate of drug-likeness (QED) is 0.134. The van der Waals surface area contributed by atoms with Crippen molar-refractivity contribution in [1.29, 1.82) is 0 Å². The van der Waals surface area contributed by atoms with E-state index in [4.69, 9.17) is 10.2 Å². The molecule has 0 heterocycles. The molecule has 0 aromatic heterocycles. The second-order valence-corrected chi connectivity index (χ2v) is 6.68. The molecule has 14 heteroatoms. The Balaban J connectivity index is 2.46. The third-order valence-electron chi connectivity index (χ3n) is 4.25. The van der Waals surface area contributed by atoms with E-state index in [-0.39, 0.29) is 12.8 Å². The fourth-order valence-electron chi connectivity index (χ4n) is 2.61. The molecular weight excluding hydrogens is 435 g/mol. The summed E-state index contributed by atoms with van der Waals surface area (Å²) in [5.41, 5.74) is -0.348. The second kappa shape index (κ2) is 12.7. The fraction of sp³-hybridized carbons (Fsp3) is 0.444. The van der Waals surface area contributed by atoms with Crippen LogP contribution >= 0.6 is 0 Å². The summed E-state index contributed by atoms with van der Waals surface area (Å²) in [5, 5.41) is 44.4. The molecule has 0 aliphatic heterocycles. The Morgan fingerprint density at radius 2 is 1.59 bits per heavy atom. The van der Waals surface area contributed by atoms with Gasteiger partial charge in [-0.2, -0.15) is 4.39 Å². The smallest absolute Gasteiger partial charge is 0.326 e. The number of nitrogens with zero attached hydrogens (tertiary/aromatic N) is 1. The molecule has 1 aromatic rings. The van der Waals surface area contributed by atoms with Crippen molar-refractivity contribution in [3.8, 4) is 0 Å². The summed E-state index contributed by atoms with van der Waals surface area (Å²) in [5.74, 6) is -5.04. The molecule has 2 amide bonds. The van der Waals surface area contributed by atoms with Gasteiger partial charge in [0.25, 0.3) is 0 Å². The molecule has 1 aromatic carbocycles. The Bertz CT molecular complexity index is 865. The number of urea groups is 1. The molecule has 0 radical (unpaired) electrons. The van der Waals surface area contributed by atoms with Gasteiger partial charge in [0.2, 0.25) is 5.82 Å². The normalized spacial score (nSPS) is 12.3. The summed E-state index contributed by atoms with van der Waals surface area (Å²) in [7, 11) is 0. The van der Waals surface area contributed by atoms with Gasteiger partial charge >= 0.3 is 29.6 Å². The highest BCUT2D eigenvalue weighted by Crippen LogP contribution is 2.20. The average Bonchev–Trinajstić information content (AvgIpc) is 2.69. The van der Waals surface area contributed by atoms with Crippen molar-refractivity contribution >= 4 is 35.3 Å². The van der Waals surface area contributed by atoms with Gasteiger partial charge in [0.1, 0.15) is 12.1 Å². The van der Waals surface area contributed by atoms with E-state index in [1.807, 2.05) is 5.32 Å². The number of aliphatic carboxylic acids is 3. The number of nitrogens with one attached hydrogen (secondary N) is 3. The first-order chi connectivity index (χ1) is 15.0. The molecule has 0 aliphatic rings. The molecule has 0 saturated carbocycles. The number of carboxylic acids is 3. The maximum absolute atomic E-state index is 13.6. The number of halogens is 1. The summed E-state index contributed by atoms with van der Waals surface area (Å²) < 4.78 is 13.6. The van der Waals surface area contributed by atoms with Gasteiger partial charge in [-0.05, 0) is 31.7 Å². The van der Waals surface area contributed by atoms with Crippen molar-refractivity contribution in [1.82, 2.24) is 10.6 Å². The first kappa shape index (κ1) is 26.1. The SMILES string of the molecule is O=C(O)CCC(NC(=O)N[C@@H](CCCCNc1ccc([N+](=O)[O-])c(F)c1)C(=O)O)C(=O)O. The zero-order valence-electron chi connectivity index (χ0n) is 16.7. The van der Waals surface area contributed by atoms with E-state index in [0.29, 0.717) is 25.1 Å². The number of amides is 2. The third-order valence-corrected chi connectivity index (χ3v) is 4.25. The molecule has 0 fully saturated rings. The van der Waals surface area contributed by atoms with Gasteiger partial charge in [-0.3, -0.25) is 14.9 Å². The number of carbonyl (C=O) groups is 4. The largest absolute Gasteiger partial charge is 0.481 e. The van der Waals surface area contributed by atoms with Crippen LogP contribution in [0.3, 0.4) is 0 Å². The van der Waals surface area contributed by atoms with E-state index in [2.05, 4.69) is 10.6 Å². The maximum atomic E-state index is 13.6. The lowest BCUT2D eigenvalue weighted by molar-refractivity contribution is -0.387. The van der Waals surface area contributed by atoms with E-state index in [0.717, 1.165) is 12.1 Å². The first-order valence-corrected chi connectivity index (χ1v) is 9.43. The molecule has 32 heavy (non-hydrogen) atoms. The molecule has 0 saturated heterocycles. The maximum Gasteiger partial charge on any atom is 0.326 e. The van der Waals surface area contributed by atoms with Crippen LogP contribution in [-0.4, -0.2) is 62.8 Å². The summed E-state index contributed by atoms with van der Waals surface area (Å²) in [6, 6.07) is -0.562. The van der Waals surface area contributed by atoms with Crippen LogP contribution in [0.25, 0.3) is 0 Å². The van der Waals surface area contributed by atoms with Gasteiger partial charge in [0, 0.05) is 30.8 Å². The Labute approximate surface area is 180 Å². The van der Waals surface area contributed by atoms with Gasteiger partial charge in [-0.1, -0.05) is 0 Å². The number of rotatable bonds is 14. The van der Waals surface area contributed by atoms with Crippen molar-refractivity contribution in [2.75, 3.05) is 11.9 Å². The molecule has 6 N–H and O–H groups in total. The van der Waals surface area contributed by atoms with Crippen LogP contribution in [0.5, 0.6) is 0 Å². The Morgan fingerprint density at radius 3 is 2.09 bits per heavy atom. The Morgan fingerprint density at radius 1 is 1.00 bits per heavy atom. The number of unbranched alkanes of at least 4 members (excludes halogenated alkanes) is 1. The van der Waals surface area contributed by atoms with Crippen molar-refractivity contribution in [2.24, 2.45) is 0 Å². The lowest BCUT2D eigenvalue weighted by Gasteiger charge is -2.18. The lowest BCUT2D eigenvalue weighted by Crippen LogP contribution is -2.51. The van der Waals surface area contributed by atoms with Crippen LogP contribution in [0.4, 0.5) is 20.6 Å². The van der Waals surface area contributed by atoms with Crippen molar-refractivity contribution in [3.63, 3.8) is 0 Å². The van der Waals surface area contributed by atoms with Crippen molar-refractivity contribution in [3.05, 3.63) is 34.1 Å². The molecule has 1 unspecified atom stereocenters. The van der Waals surface area contributed by atoms with Gasteiger partial charge in [-0.25, -0.2) is 14.4 Å². The summed E-state index contributed by atoms with van der Waals surface area (Å²) in [6.07, 6.45) is -0.120. The van der Waals surface area contributed by atoms with Gasteiger partial charge < -0.3 is 31.3 Å². The average molecular weight is 458 g/mol. The van der Waals surface area contributed by atoms with Crippen LogP contribution in [0.1, 0.15) is 32.1 Å². The highest BCUT2D eigenvalue weighted by Gasteiger charge is 2.24. The molecule has 176 valence electrons. The fourth-order valence-corrected chi connectivity index (χ4v) is 2.61. The van der Waals surface area contributed by atoms with E-state index >= 15 is 0 Å². The number of benzene rings is 1. The highest BCUT2D eigenvalue weighted by molar-refractivity contribution is 5.86. The highest BCUT2D eigenvalue weighted by atomic mass is 19.1. The predicted octanol–water partition coefficient (Wildman–Crippen LogP) is 1.39. The van der Waals surface area contributed by atoms with E-state index in [9.17, 15) is 38.8 Å². The second-order valence-electron chi connectivity index (χ2n) is 6.68. The molecule has 2 atom stereocenters. The van der Waals surface area contributed by atoms with E-state index in [1.165, 1.54) is 6.07 Å². The minimum atomic E-state index is -1.49. The topological polar surface area (TPSA) is 208 Å². The van der Waals surface area contributed by atoms with Crippen molar-refractivity contribution in [2.45, 2.75) is 44.2 Å². The number of nitro groups is 1. The van der Waals surface area contributed by atoms with Gasteiger partial charge in [-0.15, -0.1) is 0 Å². The van der Waals surface area contributed by atoms with Gasteiger partial charge in [0.05, 0.1) is 4.92 Å². The number of hydrogen-bond acceptors (Lipinski definition) is 7. The number of nitro benzene ring substituents is 1. The summed E-state index contributed by atoms with van der Waals surface area (Å²) >= 11 is 0. The number of hydrogen-bond donors (Lipinski definition) is 6. The monoisotopic (exact) mass is 458 g/mol. The number of carboxylic acid groups (broad SMARTS) is 3. The Kier molecular flexibility index (Phi) is 10.3. The Hall–Kier alpha value is -3.97. The van der Waals surface area contributed by atoms with Crippen LogP contribution in [0, 0.1) is 15.9 Å². The summed E-state index contributed by atoms with van der Waals surface area (Å²) in [4.78, 5) is 54.6.